The molecular weight excluding hydrogens is 220 g/mol. The molecule has 3 nitrogen and oxygen atoms in total. The van der Waals surface area contributed by atoms with E-state index in [1.807, 2.05) is 41.1 Å². The van der Waals surface area contributed by atoms with Gasteiger partial charge in [0.1, 0.15) is 24.9 Å². The van der Waals surface area contributed by atoms with Crippen LogP contribution in [0.2, 0.25) is 0 Å². The molecular formula is C12H9N2OS+. The molecule has 0 radical (unpaired) electrons. The van der Waals surface area contributed by atoms with Crippen LogP contribution in [0.3, 0.4) is 0 Å². The van der Waals surface area contributed by atoms with Gasteiger partial charge in [0, 0.05) is 5.56 Å². The van der Waals surface area contributed by atoms with E-state index in [1.165, 1.54) is 4.88 Å². The van der Waals surface area contributed by atoms with Gasteiger partial charge in [-0.15, -0.1) is 0 Å². The standard InChI is InChI=1S/C12H8N2OS/c15-8-9-1-3-10(4-2-9)11-7-14-6-5-13-12(14)16-11/h1-8H/p+1. The Morgan fingerprint density at radius 1 is 1.25 bits per heavy atom. The Balaban J connectivity index is 2.08. The van der Waals surface area contributed by atoms with Crippen molar-refractivity contribution in [3.05, 3.63) is 48.4 Å². The molecule has 0 amide bonds. The van der Waals surface area contributed by atoms with Gasteiger partial charge in [0.2, 0.25) is 0 Å². The van der Waals surface area contributed by atoms with E-state index >= 15 is 0 Å². The van der Waals surface area contributed by atoms with E-state index in [0.717, 1.165) is 16.8 Å². The minimum atomic E-state index is 0.707. The fourth-order valence-corrected chi connectivity index (χ4v) is 2.61. The van der Waals surface area contributed by atoms with Gasteiger partial charge in [-0.3, -0.25) is 4.79 Å². The molecule has 2 aromatic heterocycles. The number of aromatic amines is 1. The van der Waals surface area contributed by atoms with Gasteiger partial charge in [0.15, 0.2) is 0 Å². The van der Waals surface area contributed by atoms with Crippen molar-refractivity contribution < 1.29 is 9.20 Å². The second-order valence-electron chi connectivity index (χ2n) is 3.51. The van der Waals surface area contributed by atoms with Crippen molar-refractivity contribution in [2.45, 2.75) is 0 Å². The largest absolute Gasteiger partial charge is 0.343 e. The maximum atomic E-state index is 10.5. The normalized spacial score (nSPS) is 10.8. The minimum Gasteiger partial charge on any atom is -0.298 e. The van der Waals surface area contributed by atoms with Crippen molar-refractivity contribution in [3.63, 3.8) is 0 Å². The Hall–Kier alpha value is -1.94. The Kier molecular flexibility index (Phi) is 2.08. The highest BCUT2D eigenvalue weighted by Crippen LogP contribution is 2.24. The van der Waals surface area contributed by atoms with Gasteiger partial charge in [0.05, 0.1) is 4.88 Å². The molecule has 4 heteroatoms. The van der Waals surface area contributed by atoms with Gasteiger partial charge in [-0.1, -0.05) is 24.3 Å². The number of carbonyl (C=O) groups is 1. The predicted octanol–water partition coefficient (Wildman–Crippen LogP) is 2.29. The molecule has 0 saturated carbocycles. The molecule has 0 aliphatic heterocycles. The average Bonchev–Trinajstić information content (AvgIpc) is 2.89. The molecule has 0 fully saturated rings. The van der Waals surface area contributed by atoms with Crippen LogP contribution < -0.4 is 4.40 Å². The first-order chi connectivity index (χ1) is 7.86. The zero-order valence-electron chi connectivity index (χ0n) is 8.38. The lowest BCUT2D eigenvalue weighted by Gasteiger charge is -1.94. The molecule has 0 unspecified atom stereocenters. The highest BCUT2D eigenvalue weighted by molar-refractivity contribution is 7.19. The van der Waals surface area contributed by atoms with Crippen LogP contribution in [0.15, 0.2) is 42.9 Å². The van der Waals surface area contributed by atoms with Crippen molar-refractivity contribution in [1.82, 2.24) is 4.98 Å². The lowest BCUT2D eigenvalue weighted by molar-refractivity contribution is -0.504. The number of aldehydes is 1. The highest BCUT2D eigenvalue weighted by Gasteiger charge is 2.09. The molecule has 0 bridgehead atoms. The Morgan fingerprint density at radius 2 is 2.06 bits per heavy atom. The number of fused-ring (bicyclic) bond motifs is 1. The summed E-state index contributed by atoms with van der Waals surface area (Å²) in [4.78, 5) is 16.0. The second kappa shape index (κ2) is 3.57. The molecule has 3 rings (SSSR count). The van der Waals surface area contributed by atoms with Crippen molar-refractivity contribution in [1.29, 1.82) is 0 Å². The predicted molar refractivity (Wildman–Crippen MR) is 62.7 cm³/mol. The number of aromatic nitrogens is 2. The third-order valence-corrected chi connectivity index (χ3v) is 3.55. The van der Waals surface area contributed by atoms with Crippen LogP contribution in [0.25, 0.3) is 15.4 Å². The number of benzene rings is 1. The van der Waals surface area contributed by atoms with Gasteiger partial charge in [0.25, 0.3) is 0 Å². The molecule has 2 heterocycles. The number of carbonyl (C=O) groups excluding carboxylic acids is 1. The first kappa shape index (κ1) is 9.30. The topological polar surface area (TPSA) is 37.0 Å². The first-order valence-electron chi connectivity index (χ1n) is 4.90. The zero-order valence-corrected chi connectivity index (χ0v) is 9.20. The summed E-state index contributed by atoms with van der Waals surface area (Å²) < 4.78 is 2.05. The summed E-state index contributed by atoms with van der Waals surface area (Å²) in [6.07, 6.45) is 6.82. The molecule has 0 aliphatic rings. The zero-order chi connectivity index (χ0) is 11.0. The summed E-state index contributed by atoms with van der Waals surface area (Å²) in [5.41, 5.74) is 1.84. The van der Waals surface area contributed by atoms with Crippen LogP contribution in [-0.4, -0.2) is 11.3 Å². The van der Waals surface area contributed by atoms with Gasteiger partial charge in [-0.2, -0.15) is 4.40 Å². The van der Waals surface area contributed by atoms with Crippen molar-refractivity contribution in [3.8, 4) is 10.4 Å². The van der Waals surface area contributed by atoms with Gasteiger partial charge >= 0.3 is 4.96 Å². The number of hydrogen-bond acceptors (Lipinski definition) is 2. The third kappa shape index (κ3) is 1.44. The van der Waals surface area contributed by atoms with E-state index in [0.29, 0.717) is 5.56 Å². The van der Waals surface area contributed by atoms with Gasteiger partial charge in [-0.05, 0) is 16.9 Å². The fourth-order valence-electron chi connectivity index (χ4n) is 1.63. The number of rotatable bonds is 2. The van der Waals surface area contributed by atoms with E-state index in [-0.39, 0.29) is 0 Å². The summed E-state index contributed by atoms with van der Waals surface area (Å²) in [6, 6.07) is 7.60. The average molecular weight is 229 g/mol. The quantitative estimate of drug-likeness (QED) is 0.531. The number of thiazole rings is 1. The maximum absolute atomic E-state index is 10.5. The smallest absolute Gasteiger partial charge is 0.298 e. The number of nitrogens with zero attached hydrogens (tertiary/aromatic N) is 1. The molecule has 3 aromatic rings. The SMILES string of the molecule is O=Cc1ccc(-c2c[n+]3cc[nH]c3s2)cc1. The lowest BCUT2D eigenvalue weighted by Crippen LogP contribution is -2.11. The molecule has 0 spiro atoms. The molecule has 1 N–H and O–H groups in total. The van der Waals surface area contributed by atoms with E-state index < -0.39 is 0 Å². The Labute approximate surface area is 96.0 Å². The van der Waals surface area contributed by atoms with Crippen LogP contribution in [-0.2, 0) is 0 Å². The minimum absolute atomic E-state index is 0.707. The number of hydrogen-bond donors (Lipinski definition) is 1. The summed E-state index contributed by atoms with van der Waals surface area (Å²) in [5.74, 6) is 0. The van der Waals surface area contributed by atoms with Crippen LogP contribution in [0.4, 0.5) is 0 Å². The summed E-state index contributed by atoms with van der Waals surface area (Å²) in [6.45, 7) is 0. The Bertz CT molecular complexity index is 608. The maximum Gasteiger partial charge on any atom is 0.343 e. The molecule has 1 aromatic carbocycles. The van der Waals surface area contributed by atoms with Crippen LogP contribution in [0.1, 0.15) is 10.4 Å². The summed E-state index contributed by atoms with van der Waals surface area (Å²) >= 11 is 1.69. The van der Waals surface area contributed by atoms with Crippen LogP contribution >= 0.6 is 11.3 Å². The van der Waals surface area contributed by atoms with E-state index in [4.69, 9.17) is 0 Å². The van der Waals surface area contributed by atoms with E-state index in [1.54, 1.807) is 11.3 Å². The lowest BCUT2D eigenvalue weighted by atomic mass is 10.1. The van der Waals surface area contributed by atoms with Crippen LogP contribution in [0, 0.1) is 0 Å². The van der Waals surface area contributed by atoms with Crippen molar-refractivity contribution >= 4 is 22.6 Å². The number of nitrogens with one attached hydrogen (secondary N) is 1. The summed E-state index contributed by atoms with van der Waals surface area (Å²) in [5, 5.41) is 0. The Morgan fingerprint density at radius 3 is 2.75 bits per heavy atom. The monoisotopic (exact) mass is 229 g/mol. The highest BCUT2D eigenvalue weighted by atomic mass is 32.1. The molecule has 78 valence electrons. The van der Waals surface area contributed by atoms with Gasteiger partial charge < -0.3 is 0 Å². The molecule has 0 atom stereocenters. The first-order valence-corrected chi connectivity index (χ1v) is 5.72. The summed E-state index contributed by atoms with van der Waals surface area (Å²) in [7, 11) is 0. The van der Waals surface area contributed by atoms with Crippen molar-refractivity contribution in [2.75, 3.05) is 0 Å². The van der Waals surface area contributed by atoms with Gasteiger partial charge in [-0.25, -0.2) is 4.98 Å². The van der Waals surface area contributed by atoms with Crippen LogP contribution in [0.5, 0.6) is 0 Å². The number of H-pyrrole nitrogens is 1. The fraction of sp³-hybridized carbons (Fsp3) is 0. The molecule has 16 heavy (non-hydrogen) atoms. The number of imidazole rings is 1. The molecule has 0 saturated heterocycles. The van der Waals surface area contributed by atoms with Crippen molar-refractivity contribution in [2.24, 2.45) is 0 Å². The third-order valence-electron chi connectivity index (χ3n) is 2.47. The molecule has 0 aliphatic carbocycles. The van der Waals surface area contributed by atoms with E-state index in [2.05, 4.69) is 11.2 Å². The second-order valence-corrected chi connectivity index (χ2v) is 4.54. The van der Waals surface area contributed by atoms with E-state index in [9.17, 15) is 4.79 Å².